The Morgan fingerprint density at radius 3 is 2.92 bits per heavy atom. The molecule has 0 fully saturated rings. The van der Waals surface area contributed by atoms with E-state index in [1.807, 2.05) is 30.5 Å². The highest BCUT2D eigenvalue weighted by Crippen LogP contribution is 2.29. The molecule has 0 aliphatic carbocycles. The van der Waals surface area contributed by atoms with E-state index in [4.69, 9.17) is 16.6 Å². The Hall–Kier alpha value is -2.50. The van der Waals surface area contributed by atoms with Gasteiger partial charge in [-0.1, -0.05) is 23.7 Å². The van der Waals surface area contributed by atoms with Gasteiger partial charge in [-0.15, -0.1) is 0 Å². The van der Waals surface area contributed by atoms with Gasteiger partial charge in [0.15, 0.2) is 5.82 Å². The number of phenolic OH excluding ortho intramolecular Hbond substituents is 1. The SMILES string of the molecule is Oc1cccc(CN2CCc3nc(-c4cccnc4)ncc3C2)c1Cl. The van der Waals surface area contributed by atoms with E-state index in [1.54, 1.807) is 18.5 Å². The Morgan fingerprint density at radius 1 is 1.16 bits per heavy atom. The molecule has 0 saturated heterocycles. The summed E-state index contributed by atoms with van der Waals surface area (Å²) in [7, 11) is 0. The molecule has 0 amide bonds. The first-order chi connectivity index (χ1) is 12.2. The zero-order valence-corrected chi connectivity index (χ0v) is 14.3. The molecule has 1 aromatic carbocycles. The van der Waals surface area contributed by atoms with Crippen LogP contribution in [0, 0.1) is 0 Å². The minimum atomic E-state index is 0.126. The summed E-state index contributed by atoms with van der Waals surface area (Å²) < 4.78 is 0. The average molecular weight is 353 g/mol. The summed E-state index contributed by atoms with van der Waals surface area (Å²) in [6.45, 7) is 2.36. The van der Waals surface area contributed by atoms with Crippen molar-refractivity contribution in [2.75, 3.05) is 6.54 Å². The van der Waals surface area contributed by atoms with Crippen LogP contribution in [0.1, 0.15) is 16.8 Å². The zero-order valence-electron chi connectivity index (χ0n) is 13.6. The van der Waals surface area contributed by atoms with Gasteiger partial charge in [0.25, 0.3) is 0 Å². The number of fused-ring (bicyclic) bond motifs is 1. The average Bonchev–Trinajstić information content (AvgIpc) is 2.66. The number of hydrogen-bond acceptors (Lipinski definition) is 5. The van der Waals surface area contributed by atoms with Crippen LogP contribution < -0.4 is 0 Å². The number of aromatic hydroxyl groups is 1. The number of nitrogens with zero attached hydrogens (tertiary/aromatic N) is 4. The van der Waals surface area contributed by atoms with Crippen LogP contribution in [0.2, 0.25) is 5.02 Å². The van der Waals surface area contributed by atoms with Gasteiger partial charge in [0.05, 0.1) is 10.7 Å². The first-order valence-electron chi connectivity index (χ1n) is 8.14. The Balaban J connectivity index is 1.53. The number of hydrogen-bond donors (Lipinski definition) is 1. The highest BCUT2D eigenvalue weighted by atomic mass is 35.5. The number of halogens is 1. The quantitative estimate of drug-likeness (QED) is 0.782. The van der Waals surface area contributed by atoms with E-state index in [0.717, 1.165) is 47.7 Å². The second kappa shape index (κ2) is 6.78. The second-order valence-electron chi connectivity index (χ2n) is 6.12. The third-order valence-corrected chi connectivity index (χ3v) is 4.82. The topological polar surface area (TPSA) is 62.1 Å². The molecule has 1 N–H and O–H groups in total. The van der Waals surface area contributed by atoms with Gasteiger partial charge in [-0.05, 0) is 23.8 Å². The van der Waals surface area contributed by atoms with Gasteiger partial charge < -0.3 is 5.11 Å². The van der Waals surface area contributed by atoms with Crippen LogP contribution in [0.15, 0.2) is 48.9 Å². The Bertz CT molecular complexity index is 901. The van der Waals surface area contributed by atoms with E-state index in [-0.39, 0.29) is 5.75 Å². The molecule has 1 aliphatic heterocycles. The van der Waals surface area contributed by atoms with E-state index in [2.05, 4.69) is 14.9 Å². The fraction of sp³-hybridized carbons (Fsp3) is 0.211. The van der Waals surface area contributed by atoms with Crippen LogP contribution in [0.5, 0.6) is 5.75 Å². The molecule has 6 heteroatoms. The van der Waals surface area contributed by atoms with Crippen molar-refractivity contribution < 1.29 is 5.11 Å². The fourth-order valence-corrected chi connectivity index (χ4v) is 3.26. The van der Waals surface area contributed by atoms with E-state index in [0.29, 0.717) is 11.6 Å². The van der Waals surface area contributed by atoms with Crippen LogP contribution in [-0.4, -0.2) is 31.5 Å². The summed E-state index contributed by atoms with van der Waals surface area (Å²) in [5, 5.41) is 10.2. The molecule has 0 atom stereocenters. The van der Waals surface area contributed by atoms with Crippen LogP contribution >= 0.6 is 11.6 Å². The number of rotatable bonds is 3. The minimum absolute atomic E-state index is 0.126. The second-order valence-corrected chi connectivity index (χ2v) is 6.50. The molecule has 1 aliphatic rings. The lowest BCUT2D eigenvalue weighted by molar-refractivity contribution is 0.242. The largest absolute Gasteiger partial charge is 0.506 e. The monoisotopic (exact) mass is 352 g/mol. The van der Waals surface area contributed by atoms with Crippen molar-refractivity contribution in [3.63, 3.8) is 0 Å². The van der Waals surface area contributed by atoms with Crippen molar-refractivity contribution in [3.05, 3.63) is 70.8 Å². The first-order valence-corrected chi connectivity index (χ1v) is 8.52. The van der Waals surface area contributed by atoms with Crippen molar-refractivity contribution in [1.29, 1.82) is 0 Å². The van der Waals surface area contributed by atoms with Gasteiger partial charge in [0, 0.05) is 55.8 Å². The maximum absolute atomic E-state index is 9.75. The third-order valence-electron chi connectivity index (χ3n) is 4.38. The smallest absolute Gasteiger partial charge is 0.160 e. The Kier molecular flexibility index (Phi) is 4.34. The van der Waals surface area contributed by atoms with Gasteiger partial charge >= 0.3 is 0 Å². The minimum Gasteiger partial charge on any atom is -0.506 e. The van der Waals surface area contributed by atoms with Gasteiger partial charge in [0.1, 0.15) is 5.75 Å². The highest BCUT2D eigenvalue weighted by molar-refractivity contribution is 6.32. The van der Waals surface area contributed by atoms with Crippen LogP contribution in [0.3, 0.4) is 0 Å². The Labute approximate surface area is 151 Å². The lowest BCUT2D eigenvalue weighted by Crippen LogP contribution is -2.31. The molecule has 3 heterocycles. The van der Waals surface area contributed by atoms with Crippen molar-refractivity contribution in [3.8, 4) is 17.1 Å². The Morgan fingerprint density at radius 2 is 2.08 bits per heavy atom. The zero-order chi connectivity index (χ0) is 17.2. The first kappa shape index (κ1) is 16.0. The number of pyridine rings is 1. The summed E-state index contributed by atoms with van der Waals surface area (Å²) >= 11 is 6.19. The molecule has 126 valence electrons. The van der Waals surface area contributed by atoms with Crippen LogP contribution in [0.4, 0.5) is 0 Å². The molecule has 0 unspecified atom stereocenters. The van der Waals surface area contributed by atoms with E-state index in [9.17, 15) is 5.11 Å². The highest BCUT2D eigenvalue weighted by Gasteiger charge is 2.20. The predicted molar refractivity (Wildman–Crippen MR) is 96.2 cm³/mol. The number of aromatic nitrogens is 3. The molecule has 2 aromatic heterocycles. The molecule has 0 bridgehead atoms. The van der Waals surface area contributed by atoms with Gasteiger partial charge in [0.2, 0.25) is 0 Å². The van der Waals surface area contributed by atoms with Gasteiger partial charge in [-0.2, -0.15) is 0 Å². The van der Waals surface area contributed by atoms with Gasteiger partial charge in [-0.25, -0.2) is 9.97 Å². The lowest BCUT2D eigenvalue weighted by Gasteiger charge is -2.28. The van der Waals surface area contributed by atoms with Crippen LogP contribution in [0.25, 0.3) is 11.4 Å². The van der Waals surface area contributed by atoms with Crippen molar-refractivity contribution >= 4 is 11.6 Å². The molecule has 3 aromatic rings. The number of benzene rings is 1. The fourth-order valence-electron chi connectivity index (χ4n) is 3.07. The normalized spacial score (nSPS) is 14.3. The number of phenols is 1. The van der Waals surface area contributed by atoms with Crippen molar-refractivity contribution in [2.24, 2.45) is 0 Å². The third kappa shape index (κ3) is 3.34. The maximum Gasteiger partial charge on any atom is 0.160 e. The van der Waals surface area contributed by atoms with Gasteiger partial charge in [-0.3, -0.25) is 9.88 Å². The van der Waals surface area contributed by atoms with E-state index >= 15 is 0 Å². The summed E-state index contributed by atoms with van der Waals surface area (Å²) in [4.78, 5) is 15.6. The summed E-state index contributed by atoms with van der Waals surface area (Å²) in [5.74, 6) is 0.845. The molecule has 25 heavy (non-hydrogen) atoms. The summed E-state index contributed by atoms with van der Waals surface area (Å²) in [6, 6.07) is 9.22. The molecular formula is C19H17ClN4O. The summed E-state index contributed by atoms with van der Waals surface area (Å²) in [6.07, 6.45) is 6.29. The molecular weight excluding hydrogens is 336 g/mol. The molecule has 0 spiro atoms. The van der Waals surface area contributed by atoms with E-state index < -0.39 is 0 Å². The van der Waals surface area contributed by atoms with Crippen LogP contribution in [-0.2, 0) is 19.5 Å². The lowest BCUT2D eigenvalue weighted by atomic mass is 10.1. The van der Waals surface area contributed by atoms with Crippen molar-refractivity contribution in [1.82, 2.24) is 19.9 Å². The molecule has 0 radical (unpaired) electrons. The standard InChI is InChI=1S/C19H17ClN4O/c20-18-14(3-1-5-17(18)25)11-24-8-6-16-15(12-24)10-22-19(23-16)13-4-2-7-21-9-13/h1-5,7,9-10,25H,6,8,11-12H2. The molecule has 4 rings (SSSR count). The molecule has 5 nitrogen and oxygen atoms in total. The van der Waals surface area contributed by atoms with Crippen molar-refractivity contribution in [2.45, 2.75) is 19.5 Å². The predicted octanol–water partition coefficient (Wildman–Crippen LogP) is 3.46. The molecule has 0 saturated carbocycles. The maximum atomic E-state index is 9.75. The van der Waals surface area contributed by atoms with E-state index in [1.165, 1.54) is 0 Å². The summed E-state index contributed by atoms with van der Waals surface area (Å²) in [5.41, 5.74) is 4.08.